The maximum atomic E-state index is 14.2. The largest absolute Gasteiger partial charge is 0.462 e. The van der Waals surface area contributed by atoms with Crippen LogP contribution < -0.4 is 0 Å². The number of likely N-dealkylation sites (tertiary alicyclic amines) is 1. The first-order chi connectivity index (χ1) is 33.0. The number of ether oxygens (including phenoxy) is 5. The minimum atomic E-state index is -1.31. The molecule has 0 spiro atoms. The number of carbonyl (C=O) groups is 5. The standard InChI is InChI=1S/C57H91NO12/c1-15-57(10,11)42(9)54(63)58-28-20-19-23-45(58)56(65)70-49(39(6)31-43-25-27-46(59)50(32-43)67-13)34-47(60)38(5)30-41(8)52(62)53(68-14)51(61)40(7)29-35(2)21-17-16-18-22-36(3)48(66-12)33-44-26-24-37(4)55(64)69-44/h16-18,21-22,30,34-35,37-40,42-46,48,50,52-53,59,62H,15,19-20,23-29,31-33H2,1-14H3/b18-16+,21-17+,36-22+,41-30+,49-34-. The lowest BCUT2D eigenvalue weighted by atomic mass is 9.76. The van der Waals surface area contributed by atoms with E-state index in [2.05, 4.69) is 20.8 Å². The van der Waals surface area contributed by atoms with Gasteiger partial charge in [-0.1, -0.05) is 105 Å². The number of Topliss-reactive ketones (excluding diaryl/α,β-unsaturated/α-hetero) is 1. The minimum Gasteiger partial charge on any atom is -0.462 e. The Hall–Kier alpha value is -3.75. The second kappa shape index (κ2) is 29.1. The Kier molecular flexibility index (Phi) is 25.2. The molecule has 1 amide bonds. The van der Waals surface area contributed by atoms with Gasteiger partial charge >= 0.3 is 11.9 Å². The van der Waals surface area contributed by atoms with Crippen molar-refractivity contribution in [3.63, 3.8) is 0 Å². The molecular formula is C57H91NO12. The van der Waals surface area contributed by atoms with Gasteiger partial charge in [0.25, 0.3) is 0 Å². The average Bonchev–Trinajstić information content (AvgIpc) is 3.33. The molecule has 3 aliphatic rings. The molecule has 0 bridgehead atoms. The first-order valence-corrected chi connectivity index (χ1v) is 26.2. The van der Waals surface area contributed by atoms with Crippen LogP contribution >= 0.6 is 0 Å². The van der Waals surface area contributed by atoms with Gasteiger partial charge < -0.3 is 38.8 Å². The van der Waals surface area contributed by atoms with Crippen LogP contribution in [-0.4, -0.2) is 115 Å². The Morgan fingerprint density at radius 2 is 1.59 bits per heavy atom. The highest BCUT2D eigenvalue weighted by atomic mass is 16.6. The number of aliphatic hydroxyl groups is 2. The quantitative estimate of drug-likeness (QED) is 0.0277. The van der Waals surface area contributed by atoms with Crippen LogP contribution in [-0.2, 0) is 47.7 Å². The Morgan fingerprint density at radius 3 is 2.21 bits per heavy atom. The molecule has 2 N–H and O–H groups in total. The third kappa shape index (κ3) is 17.8. The fourth-order valence-electron chi connectivity index (χ4n) is 9.98. The zero-order valence-electron chi connectivity index (χ0n) is 45.2. The predicted octanol–water partition coefficient (Wildman–Crippen LogP) is 9.63. The van der Waals surface area contributed by atoms with Gasteiger partial charge in [0, 0.05) is 64.0 Å². The molecular weight excluding hydrogens is 891 g/mol. The van der Waals surface area contributed by atoms with E-state index in [4.69, 9.17) is 23.7 Å². The molecule has 0 aromatic rings. The Morgan fingerprint density at radius 1 is 0.886 bits per heavy atom. The van der Waals surface area contributed by atoms with Crippen LogP contribution in [0.5, 0.6) is 0 Å². The number of rotatable bonds is 26. The first kappa shape index (κ1) is 60.6. The number of esters is 2. The van der Waals surface area contributed by atoms with E-state index < -0.39 is 42.2 Å². The molecule has 14 unspecified atom stereocenters. The number of methoxy groups -OCH3 is 3. The molecule has 1 aliphatic carbocycles. The third-order valence-electron chi connectivity index (χ3n) is 15.7. The summed E-state index contributed by atoms with van der Waals surface area (Å²) in [5.41, 5.74) is 1.16. The van der Waals surface area contributed by atoms with Crippen LogP contribution in [0.1, 0.15) is 153 Å². The van der Waals surface area contributed by atoms with Crippen molar-refractivity contribution >= 4 is 29.4 Å². The molecule has 0 aromatic carbocycles. The van der Waals surface area contributed by atoms with Gasteiger partial charge in [-0.3, -0.25) is 19.2 Å². The summed E-state index contributed by atoms with van der Waals surface area (Å²) < 4.78 is 28.7. The molecule has 70 heavy (non-hydrogen) atoms. The Labute approximate surface area is 420 Å². The summed E-state index contributed by atoms with van der Waals surface area (Å²) in [7, 11) is 4.64. The summed E-state index contributed by atoms with van der Waals surface area (Å²) in [6.07, 6.45) is 17.3. The topological polar surface area (TPSA) is 175 Å². The summed E-state index contributed by atoms with van der Waals surface area (Å²) in [5, 5.41) is 22.0. The van der Waals surface area contributed by atoms with E-state index in [0.717, 1.165) is 44.1 Å². The molecule has 14 atom stereocenters. The maximum absolute atomic E-state index is 14.2. The number of hydrogen-bond donors (Lipinski definition) is 2. The molecule has 13 heteroatoms. The van der Waals surface area contributed by atoms with Crippen molar-refractivity contribution in [3.05, 3.63) is 59.4 Å². The van der Waals surface area contributed by atoms with Crippen molar-refractivity contribution in [1.29, 1.82) is 0 Å². The maximum Gasteiger partial charge on any atom is 0.333 e. The number of allylic oxidation sites excluding steroid dienone is 8. The number of nitrogens with zero attached hydrogens (tertiary/aromatic N) is 1. The molecule has 396 valence electrons. The SMILES string of the molecule is CCC(C)(C)C(C)C(=O)N1CCCCC1C(=O)O/C(=C\C(=O)C(C)/C=C(\C)C(O)C(OC)C(=O)C(C)CC(C)/C=C/C=C/C=C(\C)C(CC1CCC(C)C(=O)O1)OC)C(C)CC1CCC(O)C(OC)C1. The molecule has 0 radical (unpaired) electrons. The molecule has 2 heterocycles. The van der Waals surface area contributed by atoms with E-state index in [1.807, 2.05) is 71.9 Å². The van der Waals surface area contributed by atoms with Crippen molar-refractivity contribution in [2.24, 2.45) is 46.8 Å². The van der Waals surface area contributed by atoms with Crippen molar-refractivity contribution in [3.8, 4) is 0 Å². The molecule has 2 saturated heterocycles. The van der Waals surface area contributed by atoms with E-state index in [9.17, 15) is 34.2 Å². The van der Waals surface area contributed by atoms with E-state index in [1.54, 1.807) is 39.0 Å². The van der Waals surface area contributed by atoms with E-state index in [1.165, 1.54) is 13.2 Å². The van der Waals surface area contributed by atoms with Crippen molar-refractivity contribution in [1.82, 2.24) is 4.90 Å². The fraction of sp³-hybridized carbons (Fsp3) is 0.737. The summed E-state index contributed by atoms with van der Waals surface area (Å²) in [6.45, 7) is 21.6. The minimum absolute atomic E-state index is 0.0368. The van der Waals surface area contributed by atoms with Crippen LogP contribution in [0.2, 0.25) is 0 Å². The summed E-state index contributed by atoms with van der Waals surface area (Å²) >= 11 is 0. The van der Waals surface area contributed by atoms with Crippen LogP contribution in [0.3, 0.4) is 0 Å². The zero-order chi connectivity index (χ0) is 52.5. The fourth-order valence-corrected chi connectivity index (χ4v) is 9.98. The summed E-state index contributed by atoms with van der Waals surface area (Å²) in [6, 6.07) is -0.778. The highest BCUT2D eigenvalue weighted by molar-refractivity contribution is 5.94. The van der Waals surface area contributed by atoms with Gasteiger partial charge in [0.2, 0.25) is 5.91 Å². The summed E-state index contributed by atoms with van der Waals surface area (Å²) in [4.78, 5) is 69.6. The highest BCUT2D eigenvalue weighted by Crippen LogP contribution is 2.36. The van der Waals surface area contributed by atoms with Gasteiger partial charge in [0.15, 0.2) is 11.6 Å². The van der Waals surface area contributed by atoms with E-state index in [0.29, 0.717) is 50.6 Å². The number of ketones is 2. The normalized spacial score (nSPS) is 26.8. The zero-order valence-corrected chi connectivity index (χ0v) is 45.2. The molecule has 2 aliphatic heterocycles. The van der Waals surface area contributed by atoms with E-state index >= 15 is 0 Å². The van der Waals surface area contributed by atoms with Crippen LogP contribution in [0.15, 0.2) is 59.4 Å². The number of aliphatic hydroxyl groups excluding tert-OH is 2. The highest BCUT2D eigenvalue weighted by Gasteiger charge is 2.41. The van der Waals surface area contributed by atoms with Gasteiger partial charge in [-0.05, 0) is 106 Å². The molecule has 3 fully saturated rings. The van der Waals surface area contributed by atoms with Gasteiger partial charge in [-0.2, -0.15) is 0 Å². The van der Waals surface area contributed by atoms with E-state index in [-0.39, 0.29) is 82.5 Å². The molecule has 0 aromatic heterocycles. The van der Waals surface area contributed by atoms with Crippen LogP contribution in [0.4, 0.5) is 0 Å². The lowest BCUT2D eigenvalue weighted by Crippen LogP contribution is -2.52. The number of piperidine rings is 1. The number of hydrogen-bond acceptors (Lipinski definition) is 12. The number of cyclic esters (lactones) is 1. The monoisotopic (exact) mass is 982 g/mol. The number of carbonyl (C=O) groups excluding carboxylic acids is 5. The number of amides is 1. The first-order valence-electron chi connectivity index (χ1n) is 26.2. The lowest BCUT2D eigenvalue weighted by Gasteiger charge is -2.39. The van der Waals surface area contributed by atoms with Gasteiger partial charge in [0.05, 0.1) is 24.2 Å². The van der Waals surface area contributed by atoms with Gasteiger partial charge in [0.1, 0.15) is 30.1 Å². The third-order valence-corrected chi connectivity index (χ3v) is 15.7. The second-order valence-corrected chi connectivity index (χ2v) is 21.6. The average molecular weight is 982 g/mol. The van der Waals surface area contributed by atoms with Crippen LogP contribution in [0, 0.1) is 46.8 Å². The van der Waals surface area contributed by atoms with Crippen molar-refractivity contribution < 1.29 is 57.9 Å². The summed E-state index contributed by atoms with van der Waals surface area (Å²) in [5.74, 6) is -2.90. The molecule has 3 rings (SSSR count). The van der Waals surface area contributed by atoms with Crippen LogP contribution in [0.25, 0.3) is 0 Å². The van der Waals surface area contributed by atoms with Gasteiger partial charge in [-0.15, -0.1) is 0 Å². The van der Waals surface area contributed by atoms with Crippen molar-refractivity contribution in [2.45, 2.75) is 196 Å². The Balaban J connectivity index is 1.72. The molecule has 13 nitrogen and oxygen atoms in total. The molecule has 1 saturated carbocycles. The Bertz CT molecular complexity index is 1880. The van der Waals surface area contributed by atoms with Crippen molar-refractivity contribution in [2.75, 3.05) is 27.9 Å². The predicted molar refractivity (Wildman–Crippen MR) is 273 cm³/mol. The lowest BCUT2D eigenvalue weighted by molar-refractivity contribution is -0.161. The smallest absolute Gasteiger partial charge is 0.333 e. The second-order valence-electron chi connectivity index (χ2n) is 21.6. The van der Waals surface area contributed by atoms with Gasteiger partial charge in [-0.25, -0.2) is 4.79 Å².